The quantitative estimate of drug-likeness (QED) is 0.376. The molecule has 0 bridgehead atoms. The Balaban J connectivity index is 1.61. The van der Waals surface area contributed by atoms with E-state index in [1.54, 1.807) is 0 Å². The lowest BCUT2D eigenvalue weighted by Gasteiger charge is -2.29. The molecule has 33 heavy (non-hydrogen) atoms. The van der Waals surface area contributed by atoms with Gasteiger partial charge in [-0.2, -0.15) is 0 Å². The Morgan fingerprint density at radius 1 is 0.939 bits per heavy atom. The molecule has 5 nitrogen and oxygen atoms in total. The Labute approximate surface area is 199 Å². The van der Waals surface area contributed by atoms with Gasteiger partial charge < -0.3 is 19.5 Å². The van der Waals surface area contributed by atoms with Gasteiger partial charge in [0.2, 0.25) is 0 Å². The first-order valence-corrected chi connectivity index (χ1v) is 11.5. The molecule has 0 saturated carbocycles. The minimum Gasteiger partial charge on any atom is -0.494 e. The number of rotatable bonds is 6. The highest BCUT2D eigenvalue weighted by molar-refractivity contribution is 7.80. The largest absolute Gasteiger partial charge is 0.494 e. The van der Waals surface area contributed by atoms with E-state index in [2.05, 4.69) is 87.5 Å². The fourth-order valence-corrected chi connectivity index (χ4v) is 4.72. The molecule has 0 spiro atoms. The zero-order chi connectivity index (χ0) is 22.8. The predicted octanol–water partition coefficient (Wildman–Crippen LogP) is 5.76. The molecular formula is C27H26N4OS. The van der Waals surface area contributed by atoms with E-state index in [0.717, 1.165) is 28.5 Å². The lowest BCUT2D eigenvalue weighted by Crippen LogP contribution is -2.30. The SMILES string of the molecule is CCOc1ccc(-n2cccc2[C@@H]2[C@@H](c3ccccn3)NC(=S)N2c2ccc(C)cc2)cc1. The first-order valence-electron chi connectivity index (χ1n) is 11.1. The molecule has 166 valence electrons. The summed E-state index contributed by atoms with van der Waals surface area (Å²) < 4.78 is 7.84. The van der Waals surface area contributed by atoms with Gasteiger partial charge in [0.1, 0.15) is 11.8 Å². The van der Waals surface area contributed by atoms with Crippen LogP contribution in [0.3, 0.4) is 0 Å². The molecule has 6 heteroatoms. The maximum atomic E-state index is 5.85. The molecule has 1 aliphatic rings. The highest BCUT2D eigenvalue weighted by atomic mass is 32.1. The fraction of sp³-hybridized carbons (Fsp3) is 0.185. The maximum Gasteiger partial charge on any atom is 0.174 e. The molecule has 0 radical (unpaired) electrons. The number of pyridine rings is 1. The highest BCUT2D eigenvalue weighted by Gasteiger charge is 2.42. The molecule has 1 saturated heterocycles. The standard InChI is InChI=1S/C27H26N4OS/c1-3-32-22-15-13-20(14-16-22)30-18-6-8-24(30)26-25(23-7-4-5-17-28-23)29-27(33)31(26)21-11-9-19(2)10-12-21/h4-18,25-26H,3H2,1-2H3,(H,29,33)/t25-,26-/m1/s1. The van der Waals surface area contributed by atoms with Gasteiger partial charge in [-0.3, -0.25) is 4.98 Å². The van der Waals surface area contributed by atoms with Gasteiger partial charge in [-0.15, -0.1) is 0 Å². The van der Waals surface area contributed by atoms with Crippen LogP contribution in [0.4, 0.5) is 5.69 Å². The van der Waals surface area contributed by atoms with Crippen molar-refractivity contribution < 1.29 is 4.74 Å². The predicted molar refractivity (Wildman–Crippen MR) is 136 cm³/mol. The van der Waals surface area contributed by atoms with Crippen LogP contribution >= 0.6 is 12.2 Å². The number of aromatic nitrogens is 2. The summed E-state index contributed by atoms with van der Waals surface area (Å²) in [5, 5.41) is 4.23. The molecule has 1 aliphatic heterocycles. The molecule has 0 aliphatic carbocycles. The van der Waals surface area contributed by atoms with Gasteiger partial charge in [-0.05, 0) is 86.7 Å². The van der Waals surface area contributed by atoms with Crippen LogP contribution in [-0.4, -0.2) is 21.3 Å². The van der Waals surface area contributed by atoms with Crippen molar-refractivity contribution in [3.63, 3.8) is 0 Å². The average Bonchev–Trinajstić information content (AvgIpc) is 3.45. The highest BCUT2D eigenvalue weighted by Crippen LogP contribution is 2.42. The number of benzene rings is 2. The molecule has 1 fully saturated rings. The van der Waals surface area contributed by atoms with Crippen LogP contribution in [0, 0.1) is 6.92 Å². The minimum absolute atomic E-state index is 0.0725. The second-order valence-corrected chi connectivity index (χ2v) is 8.45. The van der Waals surface area contributed by atoms with Crippen molar-refractivity contribution in [1.82, 2.24) is 14.9 Å². The number of anilines is 1. The van der Waals surface area contributed by atoms with Gasteiger partial charge in [0.05, 0.1) is 18.3 Å². The number of nitrogens with zero attached hydrogens (tertiary/aromatic N) is 3. The molecule has 0 amide bonds. The Morgan fingerprint density at radius 2 is 1.70 bits per heavy atom. The van der Waals surface area contributed by atoms with Crippen LogP contribution in [0.25, 0.3) is 5.69 Å². The van der Waals surface area contributed by atoms with E-state index in [-0.39, 0.29) is 12.1 Å². The Bertz CT molecular complexity index is 1240. The third-order valence-electron chi connectivity index (χ3n) is 5.92. The van der Waals surface area contributed by atoms with E-state index in [1.807, 2.05) is 37.4 Å². The van der Waals surface area contributed by atoms with Crippen LogP contribution in [0.15, 0.2) is 91.3 Å². The van der Waals surface area contributed by atoms with Gasteiger partial charge in [0.15, 0.2) is 5.11 Å². The number of hydrogen-bond acceptors (Lipinski definition) is 3. The van der Waals surface area contributed by atoms with Gasteiger partial charge in [0, 0.05) is 29.5 Å². The molecule has 3 heterocycles. The maximum absolute atomic E-state index is 5.85. The third kappa shape index (κ3) is 4.10. The summed E-state index contributed by atoms with van der Waals surface area (Å²) in [5.74, 6) is 0.867. The van der Waals surface area contributed by atoms with Crippen molar-refractivity contribution in [1.29, 1.82) is 0 Å². The Kier molecular flexibility index (Phi) is 5.84. The summed E-state index contributed by atoms with van der Waals surface area (Å²) in [4.78, 5) is 6.86. The van der Waals surface area contributed by atoms with Crippen LogP contribution in [0.1, 0.15) is 36.0 Å². The number of thiocarbonyl (C=S) groups is 1. The Morgan fingerprint density at radius 3 is 2.39 bits per heavy atom. The van der Waals surface area contributed by atoms with E-state index in [9.17, 15) is 0 Å². The van der Waals surface area contributed by atoms with Crippen LogP contribution in [-0.2, 0) is 0 Å². The first-order chi connectivity index (χ1) is 16.2. The van der Waals surface area contributed by atoms with Crippen molar-refractivity contribution >= 4 is 23.0 Å². The second-order valence-electron chi connectivity index (χ2n) is 8.06. The van der Waals surface area contributed by atoms with Gasteiger partial charge >= 0.3 is 0 Å². The monoisotopic (exact) mass is 454 g/mol. The number of nitrogens with one attached hydrogen (secondary N) is 1. The Hall–Kier alpha value is -3.64. The van der Waals surface area contributed by atoms with E-state index >= 15 is 0 Å². The summed E-state index contributed by atoms with van der Waals surface area (Å²) in [7, 11) is 0. The van der Waals surface area contributed by atoms with Crippen molar-refractivity contribution in [3.05, 3.63) is 108 Å². The van der Waals surface area contributed by atoms with Gasteiger partial charge in [-0.1, -0.05) is 23.8 Å². The lowest BCUT2D eigenvalue weighted by molar-refractivity contribution is 0.340. The second kappa shape index (κ2) is 9.08. The van der Waals surface area contributed by atoms with E-state index in [4.69, 9.17) is 17.0 Å². The molecule has 2 aromatic carbocycles. The van der Waals surface area contributed by atoms with E-state index in [1.165, 1.54) is 5.56 Å². The molecule has 0 unspecified atom stereocenters. The first kappa shape index (κ1) is 21.2. The minimum atomic E-state index is -0.0867. The topological polar surface area (TPSA) is 42.3 Å². The number of aryl methyl sites for hydroxylation is 1. The van der Waals surface area contributed by atoms with Crippen molar-refractivity contribution in [2.75, 3.05) is 11.5 Å². The molecule has 2 aromatic heterocycles. The van der Waals surface area contributed by atoms with Crippen molar-refractivity contribution in [2.45, 2.75) is 25.9 Å². The molecule has 4 aromatic rings. The van der Waals surface area contributed by atoms with E-state index < -0.39 is 0 Å². The summed E-state index contributed by atoms with van der Waals surface area (Å²) in [6.45, 7) is 4.73. The zero-order valence-electron chi connectivity index (χ0n) is 18.7. The number of ether oxygens (including phenoxy) is 1. The van der Waals surface area contributed by atoms with Crippen LogP contribution < -0.4 is 15.0 Å². The van der Waals surface area contributed by atoms with Crippen molar-refractivity contribution in [2.24, 2.45) is 0 Å². The molecule has 5 rings (SSSR count). The summed E-state index contributed by atoms with van der Waals surface area (Å²) in [6.07, 6.45) is 3.92. The molecular weight excluding hydrogens is 428 g/mol. The normalized spacial score (nSPS) is 17.8. The van der Waals surface area contributed by atoms with E-state index in [0.29, 0.717) is 11.7 Å². The zero-order valence-corrected chi connectivity index (χ0v) is 19.5. The third-order valence-corrected chi connectivity index (χ3v) is 6.23. The van der Waals surface area contributed by atoms with Crippen molar-refractivity contribution in [3.8, 4) is 11.4 Å². The molecule has 2 atom stereocenters. The molecule has 1 N–H and O–H groups in total. The summed E-state index contributed by atoms with van der Waals surface area (Å²) in [6, 6.07) is 26.8. The summed E-state index contributed by atoms with van der Waals surface area (Å²) in [5.41, 5.74) is 5.43. The van der Waals surface area contributed by atoms with Gasteiger partial charge in [0.25, 0.3) is 0 Å². The van der Waals surface area contributed by atoms with Crippen LogP contribution in [0.5, 0.6) is 5.75 Å². The summed E-state index contributed by atoms with van der Waals surface area (Å²) >= 11 is 5.85. The average molecular weight is 455 g/mol. The lowest BCUT2D eigenvalue weighted by atomic mass is 10.0. The van der Waals surface area contributed by atoms with Gasteiger partial charge in [-0.25, -0.2) is 0 Å². The smallest absolute Gasteiger partial charge is 0.174 e. The van der Waals surface area contributed by atoms with Crippen LogP contribution in [0.2, 0.25) is 0 Å². The number of hydrogen-bond donors (Lipinski definition) is 1. The fourth-order valence-electron chi connectivity index (χ4n) is 4.38.